The monoisotopic (exact) mass is 408 g/mol. The molecule has 4 rings (SSSR count). The maximum Gasteiger partial charge on any atom is 0.242 e. The molecule has 2 saturated heterocycles. The first-order valence-corrected chi connectivity index (χ1v) is 11.4. The van der Waals surface area contributed by atoms with Crippen molar-refractivity contribution in [2.24, 2.45) is 0 Å². The number of carbonyl (C=O) groups excluding carboxylic acids is 2. The van der Waals surface area contributed by atoms with Gasteiger partial charge in [0.15, 0.2) is 5.78 Å². The number of ketones is 1. The average Bonchev–Trinajstić information content (AvgIpc) is 3.11. The minimum atomic E-state index is 0.0428. The second-order valence-electron chi connectivity index (χ2n) is 8.91. The molecule has 2 fully saturated rings. The van der Waals surface area contributed by atoms with Gasteiger partial charge in [0.1, 0.15) is 6.54 Å². The zero-order valence-corrected chi connectivity index (χ0v) is 18.3. The maximum absolute atomic E-state index is 13.2. The third-order valence-corrected chi connectivity index (χ3v) is 7.03. The molecule has 1 N–H and O–H groups in total. The predicted octanol–water partition coefficient (Wildman–Crippen LogP) is 2.73. The first-order chi connectivity index (χ1) is 14.5. The van der Waals surface area contributed by atoms with Gasteiger partial charge in [-0.3, -0.25) is 9.59 Å². The van der Waals surface area contributed by atoms with Gasteiger partial charge in [-0.15, -0.1) is 0 Å². The van der Waals surface area contributed by atoms with E-state index in [1.54, 1.807) is 11.8 Å². The minimum absolute atomic E-state index is 0.0428. The number of likely N-dealkylation sites (tertiary alicyclic amines) is 2. The number of aromatic nitrogens is 1. The number of quaternary nitrogens is 1. The van der Waals surface area contributed by atoms with E-state index in [0.29, 0.717) is 18.2 Å². The topological polar surface area (TPSA) is 46.8 Å². The van der Waals surface area contributed by atoms with Crippen molar-refractivity contribution in [2.75, 3.05) is 26.2 Å². The summed E-state index contributed by atoms with van der Waals surface area (Å²) in [6.07, 6.45) is 6.29. The molecule has 0 bridgehead atoms. The van der Waals surface area contributed by atoms with Crippen molar-refractivity contribution < 1.29 is 14.5 Å². The molecule has 0 radical (unpaired) electrons. The second-order valence-corrected chi connectivity index (χ2v) is 8.91. The highest BCUT2D eigenvalue weighted by Crippen LogP contribution is 2.26. The maximum atomic E-state index is 13.2. The molecular formula is C25H34N3O2+. The molecule has 2 aliphatic heterocycles. The van der Waals surface area contributed by atoms with Crippen molar-refractivity contribution in [3.8, 4) is 11.3 Å². The fraction of sp³-hybridized carbons (Fsp3) is 0.520. The number of carbonyl (C=O) groups is 2. The van der Waals surface area contributed by atoms with Crippen molar-refractivity contribution in [1.29, 1.82) is 0 Å². The number of hydrogen-bond acceptors (Lipinski definition) is 2. The zero-order valence-electron chi connectivity index (χ0n) is 18.3. The van der Waals surface area contributed by atoms with Crippen molar-refractivity contribution in [3.05, 3.63) is 47.7 Å². The summed E-state index contributed by atoms with van der Waals surface area (Å²) in [4.78, 5) is 29.1. The predicted molar refractivity (Wildman–Crippen MR) is 119 cm³/mol. The Kier molecular flexibility index (Phi) is 6.38. The Hall–Kier alpha value is -2.40. The molecule has 0 aliphatic carbocycles. The quantitative estimate of drug-likeness (QED) is 0.774. The molecule has 0 spiro atoms. The average molecular weight is 409 g/mol. The molecule has 5 nitrogen and oxygen atoms in total. The fourth-order valence-electron chi connectivity index (χ4n) is 5.24. The van der Waals surface area contributed by atoms with Crippen LogP contribution < -0.4 is 4.90 Å². The van der Waals surface area contributed by atoms with Crippen molar-refractivity contribution in [2.45, 2.75) is 58.5 Å². The largest absolute Gasteiger partial charge is 0.341 e. The summed E-state index contributed by atoms with van der Waals surface area (Å²) in [7, 11) is 0. The molecule has 5 heteroatoms. The van der Waals surface area contributed by atoms with Crippen LogP contribution in [-0.2, 0) is 11.3 Å². The normalized spacial score (nSPS) is 18.5. The molecule has 160 valence electrons. The van der Waals surface area contributed by atoms with Gasteiger partial charge in [-0.1, -0.05) is 30.3 Å². The SMILES string of the molecule is CC(=O)c1cc(-c2ccccc2)n(CC(=O)N2CCC([NH+]3CCCCC3)CC2)c1C. The van der Waals surface area contributed by atoms with E-state index in [9.17, 15) is 9.59 Å². The molecule has 0 saturated carbocycles. The van der Waals surface area contributed by atoms with Gasteiger partial charge in [-0.2, -0.15) is 0 Å². The van der Waals surface area contributed by atoms with E-state index >= 15 is 0 Å². The fourth-order valence-corrected chi connectivity index (χ4v) is 5.24. The Morgan fingerprint density at radius 3 is 2.33 bits per heavy atom. The summed E-state index contributed by atoms with van der Waals surface area (Å²) < 4.78 is 2.02. The first-order valence-electron chi connectivity index (χ1n) is 11.4. The molecule has 2 aromatic rings. The Labute approximate surface area is 179 Å². The lowest BCUT2D eigenvalue weighted by atomic mass is 10.00. The summed E-state index contributed by atoms with van der Waals surface area (Å²) >= 11 is 0. The van der Waals surface area contributed by atoms with E-state index in [-0.39, 0.29) is 11.7 Å². The van der Waals surface area contributed by atoms with E-state index in [4.69, 9.17) is 0 Å². The van der Waals surface area contributed by atoms with Crippen LogP contribution in [0, 0.1) is 6.92 Å². The molecule has 1 aromatic carbocycles. The number of nitrogens with one attached hydrogen (secondary N) is 1. The molecular weight excluding hydrogens is 374 g/mol. The highest BCUT2D eigenvalue weighted by atomic mass is 16.2. The lowest BCUT2D eigenvalue weighted by molar-refractivity contribution is -0.931. The lowest BCUT2D eigenvalue weighted by Gasteiger charge is -2.38. The first kappa shape index (κ1) is 20.9. The standard InChI is InChI=1S/C25H33N3O2/c1-19-23(20(2)29)17-24(21-9-5-3-6-10-21)28(19)18-25(30)27-15-11-22(12-16-27)26-13-7-4-8-14-26/h3,5-6,9-10,17,22H,4,7-8,11-16,18H2,1-2H3/p+1. The number of piperidine rings is 2. The summed E-state index contributed by atoms with van der Waals surface area (Å²) in [5, 5.41) is 0. The second kappa shape index (κ2) is 9.17. The molecule has 2 aliphatic rings. The van der Waals surface area contributed by atoms with Gasteiger partial charge < -0.3 is 14.4 Å². The van der Waals surface area contributed by atoms with Gasteiger partial charge in [-0.05, 0) is 44.7 Å². The molecule has 3 heterocycles. The number of benzene rings is 1. The highest BCUT2D eigenvalue weighted by molar-refractivity contribution is 5.97. The summed E-state index contributed by atoms with van der Waals surface area (Å²) in [5.74, 6) is 0.203. The van der Waals surface area contributed by atoms with Gasteiger partial charge in [0.25, 0.3) is 0 Å². The number of rotatable bonds is 5. The molecule has 1 amide bonds. The van der Waals surface area contributed by atoms with Gasteiger partial charge in [-0.25, -0.2) is 0 Å². The van der Waals surface area contributed by atoms with Crippen LogP contribution in [0.5, 0.6) is 0 Å². The molecule has 0 unspecified atom stereocenters. The number of nitrogens with zero attached hydrogens (tertiary/aromatic N) is 2. The zero-order chi connectivity index (χ0) is 21.1. The van der Waals surface area contributed by atoms with Crippen LogP contribution in [0.3, 0.4) is 0 Å². The summed E-state index contributed by atoms with van der Waals surface area (Å²) in [6, 6.07) is 12.7. The third kappa shape index (κ3) is 4.36. The van der Waals surface area contributed by atoms with Gasteiger partial charge >= 0.3 is 0 Å². The summed E-state index contributed by atoms with van der Waals surface area (Å²) in [6.45, 7) is 8.15. The number of Topliss-reactive ketones (excluding diaryl/α,β-unsaturated/α-hetero) is 1. The van der Waals surface area contributed by atoms with Crippen molar-refractivity contribution >= 4 is 11.7 Å². The Morgan fingerprint density at radius 1 is 1.03 bits per heavy atom. The molecule has 0 atom stereocenters. The summed E-state index contributed by atoms with van der Waals surface area (Å²) in [5.41, 5.74) is 3.56. The van der Waals surface area contributed by atoms with Crippen molar-refractivity contribution in [1.82, 2.24) is 9.47 Å². The smallest absolute Gasteiger partial charge is 0.242 e. The number of amides is 1. The van der Waals surface area contributed by atoms with E-state index < -0.39 is 0 Å². The number of hydrogen-bond donors (Lipinski definition) is 1. The van der Waals surface area contributed by atoms with Crippen LogP contribution in [0.15, 0.2) is 36.4 Å². The van der Waals surface area contributed by atoms with E-state index in [0.717, 1.165) is 42.9 Å². The van der Waals surface area contributed by atoms with Crippen LogP contribution in [0.1, 0.15) is 55.1 Å². The van der Waals surface area contributed by atoms with Gasteiger partial charge in [0.2, 0.25) is 5.91 Å². The van der Waals surface area contributed by atoms with Crippen LogP contribution in [0.4, 0.5) is 0 Å². The van der Waals surface area contributed by atoms with E-state index in [2.05, 4.69) is 0 Å². The van der Waals surface area contributed by atoms with Crippen LogP contribution in [0.25, 0.3) is 11.3 Å². The van der Waals surface area contributed by atoms with Crippen LogP contribution in [0.2, 0.25) is 0 Å². The Morgan fingerprint density at radius 2 is 1.70 bits per heavy atom. The lowest BCUT2D eigenvalue weighted by Crippen LogP contribution is -3.16. The third-order valence-electron chi connectivity index (χ3n) is 7.03. The van der Waals surface area contributed by atoms with E-state index in [1.807, 2.05) is 52.8 Å². The van der Waals surface area contributed by atoms with Gasteiger partial charge in [0.05, 0.1) is 19.1 Å². The highest BCUT2D eigenvalue weighted by Gasteiger charge is 2.31. The van der Waals surface area contributed by atoms with Crippen molar-refractivity contribution in [3.63, 3.8) is 0 Å². The Bertz CT molecular complexity index is 889. The molecule has 30 heavy (non-hydrogen) atoms. The van der Waals surface area contributed by atoms with Gasteiger partial charge in [0, 0.05) is 42.9 Å². The van der Waals surface area contributed by atoms with Crippen LogP contribution in [-0.4, -0.2) is 53.4 Å². The minimum Gasteiger partial charge on any atom is -0.341 e. The molecule has 1 aromatic heterocycles. The van der Waals surface area contributed by atoms with E-state index in [1.165, 1.54) is 32.4 Å². The van der Waals surface area contributed by atoms with Crippen LogP contribution >= 0.6 is 0 Å². The Balaban J connectivity index is 1.47.